The number of phenols is 1. The molecule has 2 aromatic carbocycles. The van der Waals surface area contributed by atoms with E-state index < -0.39 is 0 Å². The third-order valence-corrected chi connectivity index (χ3v) is 3.15. The monoisotopic (exact) mass is 273 g/mol. The van der Waals surface area contributed by atoms with Gasteiger partial charge in [-0.05, 0) is 36.2 Å². The van der Waals surface area contributed by atoms with Crippen LogP contribution in [0, 0.1) is 6.92 Å². The maximum Gasteiger partial charge on any atom is 0.162 e. The van der Waals surface area contributed by atoms with Gasteiger partial charge in [0.05, 0.1) is 14.2 Å². The lowest BCUT2D eigenvalue weighted by atomic mass is 10.1. The van der Waals surface area contributed by atoms with Gasteiger partial charge in [-0.3, -0.25) is 0 Å². The molecular weight excluding hydrogens is 254 g/mol. The average Bonchev–Trinajstić information content (AvgIpc) is 2.47. The van der Waals surface area contributed by atoms with Crippen molar-refractivity contribution < 1.29 is 14.6 Å². The van der Waals surface area contributed by atoms with Crippen molar-refractivity contribution in [2.45, 2.75) is 13.5 Å². The van der Waals surface area contributed by atoms with Gasteiger partial charge in [-0.2, -0.15) is 0 Å². The van der Waals surface area contributed by atoms with Crippen molar-refractivity contribution >= 4 is 5.69 Å². The minimum Gasteiger partial charge on any atom is -0.508 e. The van der Waals surface area contributed by atoms with Crippen LogP contribution >= 0.6 is 0 Å². The molecule has 4 nitrogen and oxygen atoms in total. The van der Waals surface area contributed by atoms with E-state index >= 15 is 0 Å². The second kappa shape index (κ2) is 6.19. The molecule has 0 fully saturated rings. The van der Waals surface area contributed by atoms with Crippen molar-refractivity contribution in [2.75, 3.05) is 19.5 Å². The van der Waals surface area contributed by atoms with Crippen molar-refractivity contribution in [1.29, 1.82) is 0 Å². The second-order valence-corrected chi connectivity index (χ2v) is 4.54. The van der Waals surface area contributed by atoms with E-state index in [2.05, 4.69) is 5.32 Å². The normalized spacial score (nSPS) is 10.2. The second-order valence-electron chi connectivity index (χ2n) is 4.54. The number of aryl methyl sites for hydroxylation is 1. The molecule has 0 radical (unpaired) electrons. The molecule has 0 bridgehead atoms. The summed E-state index contributed by atoms with van der Waals surface area (Å²) in [7, 11) is 3.25. The van der Waals surface area contributed by atoms with Crippen molar-refractivity contribution in [2.24, 2.45) is 0 Å². The molecule has 0 unspecified atom stereocenters. The van der Waals surface area contributed by atoms with Gasteiger partial charge in [0.1, 0.15) is 5.75 Å². The number of rotatable bonds is 5. The molecule has 106 valence electrons. The summed E-state index contributed by atoms with van der Waals surface area (Å²) in [6.45, 7) is 2.69. The number of hydrogen-bond donors (Lipinski definition) is 2. The fourth-order valence-electron chi connectivity index (χ4n) is 1.98. The molecular formula is C16H19NO3. The quantitative estimate of drug-likeness (QED) is 0.877. The minimum absolute atomic E-state index is 0.274. The van der Waals surface area contributed by atoms with E-state index in [9.17, 15) is 5.11 Å². The fraction of sp³-hybridized carbons (Fsp3) is 0.250. The molecule has 0 aliphatic carbocycles. The predicted octanol–water partition coefficient (Wildman–Crippen LogP) is 3.33. The first-order valence-electron chi connectivity index (χ1n) is 6.38. The molecule has 0 saturated carbocycles. The van der Waals surface area contributed by atoms with E-state index in [1.165, 1.54) is 0 Å². The molecule has 0 aromatic heterocycles. The van der Waals surface area contributed by atoms with Gasteiger partial charge in [0, 0.05) is 18.3 Å². The molecule has 4 heteroatoms. The van der Waals surface area contributed by atoms with Crippen LogP contribution in [-0.2, 0) is 6.54 Å². The summed E-state index contributed by atoms with van der Waals surface area (Å²) in [5.74, 6) is 1.70. The lowest BCUT2D eigenvalue weighted by Crippen LogP contribution is -2.02. The number of phenolic OH excluding ortho intramolecular Hbond substituents is 1. The zero-order valence-corrected chi connectivity index (χ0v) is 11.9. The van der Waals surface area contributed by atoms with Gasteiger partial charge in [-0.25, -0.2) is 0 Å². The Kier molecular flexibility index (Phi) is 4.35. The molecule has 0 aliphatic rings. The Morgan fingerprint density at radius 1 is 1.00 bits per heavy atom. The van der Waals surface area contributed by atoms with Gasteiger partial charge in [0.25, 0.3) is 0 Å². The summed E-state index contributed by atoms with van der Waals surface area (Å²) in [4.78, 5) is 0. The standard InChI is InChI=1S/C16H19NO3/c1-11-8-15(19-2)16(20-3)9-14(11)17-10-12-4-6-13(18)7-5-12/h4-9,17-18H,10H2,1-3H3. The molecule has 0 saturated heterocycles. The van der Waals surface area contributed by atoms with E-state index in [-0.39, 0.29) is 5.75 Å². The summed E-state index contributed by atoms with van der Waals surface area (Å²) in [6, 6.07) is 11.0. The zero-order valence-electron chi connectivity index (χ0n) is 11.9. The van der Waals surface area contributed by atoms with E-state index in [4.69, 9.17) is 9.47 Å². The highest BCUT2D eigenvalue weighted by Gasteiger charge is 2.08. The van der Waals surface area contributed by atoms with Gasteiger partial charge in [-0.15, -0.1) is 0 Å². The van der Waals surface area contributed by atoms with Gasteiger partial charge in [0.15, 0.2) is 11.5 Å². The van der Waals surface area contributed by atoms with Crippen molar-refractivity contribution in [1.82, 2.24) is 0 Å². The maximum absolute atomic E-state index is 9.26. The van der Waals surface area contributed by atoms with E-state index in [1.807, 2.05) is 31.2 Å². The number of methoxy groups -OCH3 is 2. The van der Waals surface area contributed by atoms with Crippen LogP contribution in [0.2, 0.25) is 0 Å². The van der Waals surface area contributed by atoms with Crippen molar-refractivity contribution in [3.05, 3.63) is 47.5 Å². The molecule has 0 aliphatic heterocycles. The molecule has 20 heavy (non-hydrogen) atoms. The molecule has 0 atom stereocenters. The Labute approximate surface area is 119 Å². The van der Waals surface area contributed by atoms with E-state index in [1.54, 1.807) is 26.4 Å². The molecule has 0 spiro atoms. The molecule has 2 N–H and O–H groups in total. The highest BCUT2D eigenvalue weighted by atomic mass is 16.5. The Balaban J connectivity index is 2.14. The summed E-state index contributed by atoms with van der Waals surface area (Å²) < 4.78 is 10.6. The lowest BCUT2D eigenvalue weighted by Gasteiger charge is -2.14. The van der Waals surface area contributed by atoms with Crippen LogP contribution in [0.15, 0.2) is 36.4 Å². The van der Waals surface area contributed by atoms with Crippen LogP contribution in [0.25, 0.3) is 0 Å². The highest BCUT2D eigenvalue weighted by Crippen LogP contribution is 2.33. The number of benzene rings is 2. The highest BCUT2D eigenvalue weighted by molar-refractivity contribution is 5.60. The molecule has 0 amide bonds. The summed E-state index contributed by atoms with van der Waals surface area (Å²) >= 11 is 0. The predicted molar refractivity (Wildman–Crippen MR) is 79.7 cm³/mol. The van der Waals surface area contributed by atoms with Crippen molar-refractivity contribution in [3.8, 4) is 17.2 Å². The number of hydrogen-bond acceptors (Lipinski definition) is 4. The van der Waals surface area contributed by atoms with Gasteiger partial charge >= 0.3 is 0 Å². The minimum atomic E-state index is 0.274. The smallest absolute Gasteiger partial charge is 0.162 e. The van der Waals surface area contributed by atoms with Crippen LogP contribution < -0.4 is 14.8 Å². The largest absolute Gasteiger partial charge is 0.508 e. The van der Waals surface area contributed by atoms with E-state index in [0.717, 1.165) is 22.6 Å². The summed E-state index contributed by atoms with van der Waals surface area (Å²) in [6.07, 6.45) is 0. The Hall–Kier alpha value is -2.36. The van der Waals surface area contributed by atoms with Gasteiger partial charge in [-0.1, -0.05) is 12.1 Å². The molecule has 2 aromatic rings. The summed E-state index contributed by atoms with van der Waals surface area (Å²) in [5, 5.41) is 12.6. The first kappa shape index (κ1) is 14.1. The zero-order chi connectivity index (χ0) is 14.5. The SMILES string of the molecule is COc1cc(C)c(NCc2ccc(O)cc2)cc1OC. The van der Waals surface area contributed by atoms with Crippen LogP contribution in [0.5, 0.6) is 17.2 Å². The van der Waals surface area contributed by atoms with Crippen LogP contribution in [-0.4, -0.2) is 19.3 Å². The third-order valence-electron chi connectivity index (χ3n) is 3.15. The number of aromatic hydroxyl groups is 1. The number of nitrogens with one attached hydrogen (secondary N) is 1. The third kappa shape index (κ3) is 3.15. The van der Waals surface area contributed by atoms with Crippen LogP contribution in [0.4, 0.5) is 5.69 Å². The van der Waals surface area contributed by atoms with Gasteiger partial charge in [0.2, 0.25) is 0 Å². The summed E-state index contributed by atoms with van der Waals surface area (Å²) in [5.41, 5.74) is 3.18. The Morgan fingerprint density at radius 2 is 1.60 bits per heavy atom. The number of ether oxygens (including phenoxy) is 2. The van der Waals surface area contributed by atoms with Crippen LogP contribution in [0.3, 0.4) is 0 Å². The molecule has 0 heterocycles. The molecule has 2 rings (SSSR count). The first-order chi connectivity index (χ1) is 9.63. The Morgan fingerprint density at radius 3 is 2.20 bits per heavy atom. The topological polar surface area (TPSA) is 50.7 Å². The fourth-order valence-corrected chi connectivity index (χ4v) is 1.98. The van der Waals surface area contributed by atoms with Gasteiger partial charge < -0.3 is 19.9 Å². The lowest BCUT2D eigenvalue weighted by molar-refractivity contribution is 0.355. The maximum atomic E-state index is 9.26. The van der Waals surface area contributed by atoms with E-state index in [0.29, 0.717) is 12.3 Å². The van der Waals surface area contributed by atoms with Crippen LogP contribution in [0.1, 0.15) is 11.1 Å². The number of anilines is 1. The van der Waals surface area contributed by atoms with Crippen molar-refractivity contribution in [3.63, 3.8) is 0 Å². The first-order valence-corrected chi connectivity index (χ1v) is 6.38. The average molecular weight is 273 g/mol. The Bertz CT molecular complexity index is 579.